The maximum absolute atomic E-state index is 11.0. The zero-order valence-electron chi connectivity index (χ0n) is 13.5. The van der Waals surface area contributed by atoms with Gasteiger partial charge in [0.15, 0.2) is 5.76 Å². The van der Waals surface area contributed by atoms with E-state index in [9.17, 15) is 15.2 Å². The SMILES string of the molecule is CCN=c1scc(-c2ccco2)n1N=Cc1cc(Cl)cc([N+](=O)[O-])c1O. The van der Waals surface area contributed by atoms with Crippen molar-refractivity contribution in [2.45, 2.75) is 6.92 Å². The van der Waals surface area contributed by atoms with Crippen LogP contribution in [0.5, 0.6) is 5.75 Å². The molecule has 0 unspecified atom stereocenters. The smallest absolute Gasteiger partial charge is 0.312 e. The number of thiazole rings is 1. The van der Waals surface area contributed by atoms with Crippen molar-refractivity contribution in [2.24, 2.45) is 10.1 Å². The number of aromatic nitrogens is 1. The summed E-state index contributed by atoms with van der Waals surface area (Å²) >= 11 is 7.28. The van der Waals surface area contributed by atoms with E-state index in [4.69, 9.17) is 16.0 Å². The first-order chi connectivity index (χ1) is 12.5. The van der Waals surface area contributed by atoms with Crippen molar-refractivity contribution in [1.82, 2.24) is 4.68 Å². The molecule has 1 N–H and O–H groups in total. The number of rotatable bonds is 5. The van der Waals surface area contributed by atoms with E-state index in [2.05, 4.69) is 10.1 Å². The molecule has 26 heavy (non-hydrogen) atoms. The summed E-state index contributed by atoms with van der Waals surface area (Å²) in [4.78, 5) is 15.3. The molecule has 1 aromatic carbocycles. The number of hydrogen-bond donors (Lipinski definition) is 1. The van der Waals surface area contributed by atoms with Crippen LogP contribution in [0, 0.1) is 10.1 Å². The standard InChI is InChI=1S/C16H13ClN4O4S/c1-2-18-16-20(13(9-26-16)14-4-3-5-25-14)19-8-10-6-11(17)7-12(15(10)22)21(23)24/h3-9,22H,2H2,1H3. The molecule has 0 aliphatic rings. The lowest BCUT2D eigenvalue weighted by Crippen LogP contribution is -2.12. The molecule has 0 saturated carbocycles. The third-order valence-corrected chi connectivity index (χ3v) is 4.42. The largest absolute Gasteiger partial charge is 0.502 e. The molecule has 0 atom stereocenters. The summed E-state index contributed by atoms with van der Waals surface area (Å²) in [6, 6.07) is 6.01. The predicted octanol–water partition coefficient (Wildman–Crippen LogP) is 3.88. The highest BCUT2D eigenvalue weighted by atomic mass is 35.5. The van der Waals surface area contributed by atoms with E-state index in [1.54, 1.807) is 23.1 Å². The van der Waals surface area contributed by atoms with Gasteiger partial charge in [-0.05, 0) is 25.1 Å². The molecule has 2 aromatic heterocycles. The summed E-state index contributed by atoms with van der Waals surface area (Å²) in [7, 11) is 0. The van der Waals surface area contributed by atoms with Crippen LogP contribution in [-0.2, 0) is 0 Å². The van der Waals surface area contributed by atoms with E-state index >= 15 is 0 Å². The van der Waals surface area contributed by atoms with Gasteiger partial charge >= 0.3 is 5.69 Å². The van der Waals surface area contributed by atoms with Crippen LogP contribution in [0.25, 0.3) is 11.5 Å². The monoisotopic (exact) mass is 392 g/mol. The molecule has 0 aliphatic carbocycles. The van der Waals surface area contributed by atoms with E-state index in [1.807, 2.05) is 12.3 Å². The van der Waals surface area contributed by atoms with E-state index < -0.39 is 16.4 Å². The molecule has 0 radical (unpaired) electrons. The van der Waals surface area contributed by atoms with Gasteiger partial charge in [0.25, 0.3) is 0 Å². The second-order valence-electron chi connectivity index (χ2n) is 5.03. The third-order valence-electron chi connectivity index (χ3n) is 3.35. The first-order valence-electron chi connectivity index (χ1n) is 7.47. The molecular weight excluding hydrogens is 380 g/mol. The molecule has 134 valence electrons. The minimum absolute atomic E-state index is 0.121. The summed E-state index contributed by atoms with van der Waals surface area (Å²) in [5.41, 5.74) is 0.300. The predicted molar refractivity (Wildman–Crippen MR) is 98.9 cm³/mol. The van der Waals surface area contributed by atoms with Gasteiger partial charge in [-0.15, -0.1) is 11.3 Å². The Hall–Kier alpha value is -2.91. The van der Waals surface area contributed by atoms with Gasteiger partial charge in [0.05, 0.1) is 17.4 Å². The Morgan fingerprint density at radius 2 is 2.31 bits per heavy atom. The number of phenols is 1. The molecule has 0 spiro atoms. The number of phenolic OH excluding ortho intramolecular Hbond substituents is 1. The van der Waals surface area contributed by atoms with Gasteiger partial charge < -0.3 is 9.52 Å². The number of aromatic hydroxyl groups is 1. The maximum Gasteiger partial charge on any atom is 0.312 e. The average Bonchev–Trinajstić information content (AvgIpc) is 3.25. The number of furan rings is 1. The Balaban J connectivity index is 2.11. The molecule has 0 amide bonds. The summed E-state index contributed by atoms with van der Waals surface area (Å²) in [6.45, 7) is 2.45. The van der Waals surface area contributed by atoms with Crippen LogP contribution < -0.4 is 4.80 Å². The summed E-state index contributed by atoms with van der Waals surface area (Å²) < 4.78 is 6.95. The van der Waals surface area contributed by atoms with Crippen molar-refractivity contribution in [1.29, 1.82) is 0 Å². The van der Waals surface area contributed by atoms with Crippen LogP contribution in [0.4, 0.5) is 5.69 Å². The summed E-state index contributed by atoms with van der Waals surface area (Å²) in [5, 5.41) is 27.4. The lowest BCUT2D eigenvalue weighted by molar-refractivity contribution is -0.385. The van der Waals surface area contributed by atoms with E-state index in [-0.39, 0.29) is 10.6 Å². The van der Waals surface area contributed by atoms with E-state index in [1.165, 1.54) is 23.6 Å². The number of nitro groups is 1. The van der Waals surface area contributed by atoms with E-state index in [0.717, 1.165) is 6.07 Å². The highest BCUT2D eigenvalue weighted by Gasteiger charge is 2.18. The third kappa shape index (κ3) is 3.53. The fraction of sp³-hybridized carbons (Fsp3) is 0.125. The van der Waals surface area contributed by atoms with Crippen LogP contribution >= 0.6 is 22.9 Å². The number of benzene rings is 1. The Labute approximate surface area is 156 Å². The van der Waals surface area contributed by atoms with Crippen molar-refractivity contribution < 1.29 is 14.4 Å². The normalized spacial score (nSPS) is 12.2. The maximum atomic E-state index is 11.0. The van der Waals surface area contributed by atoms with Gasteiger partial charge in [0.2, 0.25) is 10.6 Å². The lowest BCUT2D eigenvalue weighted by atomic mass is 10.2. The Kier molecular flexibility index (Phi) is 5.19. The topological polar surface area (TPSA) is 106 Å². The second kappa shape index (κ2) is 7.54. The van der Waals surface area contributed by atoms with Crippen LogP contribution in [-0.4, -0.2) is 27.5 Å². The summed E-state index contributed by atoms with van der Waals surface area (Å²) in [6.07, 6.45) is 2.84. The molecular formula is C16H13ClN4O4S. The molecule has 3 rings (SSSR count). The molecule has 0 fully saturated rings. The number of hydrogen-bond acceptors (Lipinski definition) is 7. The highest BCUT2D eigenvalue weighted by molar-refractivity contribution is 7.07. The van der Waals surface area contributed by atoms with Gasteiger partial charge in [0.1, 0.15) is 5.69 Å². The van der Waals surface area contributed by atoms with Crippen molar-refractivity contribution in [2.75, 3.05) is 6.54 Å². The molecule has 0 saturated heterocycles. The van der Waals surface area contributed by atoms with E-state index in [0.29, 0.717) is 22.8 Å². The van der Waals surface area contributed by atoms with Crippen LogP contribution in [0.1, 0.15) is 12.5 Å². The lowest BCUT2D eigenvalue weighted by Gasteiger charge is -2.03. The van der Waals surface area contributed by atoms with Crippen molar-refractivity contribution in [3.63, 3.8) is 0 Å². The average molecular weight is 393 g/mol. The molecule has 8 nitrogen and oxygen atoms in total. The fourth-order valence-corrected chi connectivity index (χ4v) is 3.32. The van der Waals surface area contributed by atoms with Crippen molar-refractivity contribution >= 4 is 34.8 Å². The van der Waals surface area contributed by atoms with Gasteiger partial charge in [-0.1, -0.05) is 11.6 Å². The number of nitrogens with zero attached hydrogens (tertiary/aromatic N) is 4. The van der Waals surface area contributed by atoms with Crippen LogP contribution in [0.2, 0.25) is 5.02 Å². The van der Waals surface area contributed by atoms with Crippen LogP contribution in [0.15, 0.2) is 50.4 Å². The quantitative estimate of drug-likeness (QED) is 0.404. The first-order valence-corrected chi connectivity index (χ1v) is 8.73. The summed E-state index contributed by atoms with van der Waals surface area (Å²) in [5.74, 6) is 0.0877. The van der Waals surface area contributed by atoms with Crippen molar-refractivity contribution in [3.8, 4) is 17.2 Å². The van der Waals surface area contributed by atoms with Gasteiger partial charge in [-0.3, -0.25) is 15.1 Å². The molecule has 3 aromatic rings. The molecule has 10 heteroatoms. The fourth-order valence-electron chi connectivity index (χ4n) is 2.21. The van der Waals surface area contributed by atoms with Gasteiger partial charge in [0, 0.05) is 28.6 Å². The minimum Gasteiger partial charge on any atom is -0.502 e. The van der Waals surface area contributed by atoms with Crippen molar-refractivity contribution in [3.05, 3.63) is 61.4 Å². The van der Waals surface area contributed by atoms with Crippen LogP contribution in [0.3, 0.4) is 0 Å². The first kappa shape index (κ1) is 17.9. The minimum atomic E-state index is -0.706. The molecule has 2 heterocycles. The van der Waals surface area contributed by atoms with Gasteiger partial charge in [-0.2, -0.15) is 5.10 Å². The zero-order valence-corrected chi connectivity index (χ0v) is 15.1. The number of halogens is 1. The van der Waals surface area contributed by atoms with Gasteiger partial charge in [-0.25, -0.2) is 4.68 Å². The molecule has 0 bridgehead atoms. The Morgan fingerprint density at radius 3 is 2.96 bits per heavy atom. The Morgan fingerprint density at radius 1 is 1.50 bits per heavy atom. The molecule has 0 aliphatic heterocycles. The highest BCUT2D eigenvalue weighted by Crippen LogP contribution is 2.32. The zero-order chi connectivity index (χ0) is 18.7. The second-order valence-corrected chi connectivity index (χ2v) is 6.30. The Bertz CT molecular complexity index is 1040. The number of nitro benzene ring substituents is 1.